The molecule has 2 atom stereocenters. The lowest BCUT2D eigenvalue weighted by Gasteiger charge is -2.21. The zero-order valence-corrected chi connectivity index (χ0v) is 8.85. The zero-order chi connectivity index (χ0) is 10.6. The van der Waals surface area contributed by atoms with Crippen molar-refractivity contribution in [2.75, 3.05) is 0 Å². The topological polar surface area (TPSA) is 46.2 Å². The lowest BCUT2D eigenvalue weighted by molar-refractivity contribution is 0.0978. The van der Waals surface area contributed by atoms with Crippen LogP contribution >= 0.6 is 0 Å². The molecule has 14 heavy (non-hydrogen) atoms. The van der Waals surface area contributed by atoms with E-state index in [1.165, 1.54) is 5.56 Å². The molecule has 0 aliphatic heterocycles. The maximum atomic E-state index is 9.73. The fourth-order valence-corrected chi connectivity index (χ4v) is 1.50. The van der Waals surface area contributed by atoms with E-state index in [9.17, 15) is 5.11 Å². The summed E-state index contributed by atoms with van der Waals surface area (Å²) in [5, 5.41) is 9.73. The number of aliphatic hydroxyl groups excluding tert-OH is 1. The van der Waals surface area contributed by atoms with Crippen LogP contribution in [0.2, 0.25) is 0 Å². The second kappa shape index (κ2) is 5.13. The van der Waals surface area contributed by atoms with Crippen LogP contribution in [-0.2, 0) is 6.42 Å². The molecule has 2 heteroatoms. The smallest absolute Gasteiger partial charge is 0.0717 e. The van der Waals surface area contributed by atoms with Crippen molar-refractivity contribution < 1.29 is 5.11 Å². The van der Waals surface area contributed by atoms with Gasteiger partial charge < -0.3 is 10.8 Å². The standard InChI is InChI=1S/C12H19NO/c1-9(2)12(14)11(13)8-10-6-4-3-5-7-10/h3-7,9,11-12,14H,8,13H2,1-2H3/t11-,12+/m0/s1. The first-order valence-electron chi connectivity index (χ1n) is 5.09. The van der Waals surface area contributed by atoms with E-state index in [0.29, 0.717) is 0 Å². The van der Waals surface area contributed by atoms with Crippen molar-refractivity contribution in [1.82, 2.24) is 0 Å². The molecule has 0 fully saturated rings. The van der Waals surface area contributed by atoms with Gasteiger partial charge in [-0.3, -0.25) is 0 Å². The number of hydrogen-bond donors (Lipinski definition) is 2. The summed E-state index contributed by atoms with van der Waals surface area (Å²) in [6, 6.07) is 9.86. The van der Waals surface area contributed by atoms with Gasteiger partial charge in [-0.1, -0.05) is 44.2 Å². The molecular formula is C12H19NO. The van der Waals surface area contributed by atoms with Crippen LogP contribution in [0.15, 0.2) is 30.3 Å². The van der Waals surface area contributed by atoms with Crippen LogP contribution in [-0.4, -0.2) is 17.3 Å². The van der Waals surface area contributed by atoms with Crippen molar-refractivity contribution in [3.05, 3.63) is 35.9 Å². The quantitative estimate of drug-likeness (QED) is 0.762. The van der Waals surface area contributed by atoms with Gasteiger partial charge in [0, 0.05) is 6.04 Å². The molecule has 1 aromatic rings. The highest BCUT2D eigenvalue weighted by Gasteiger charge is 2.18. The van der Waals surface area contributed by atoms with Crippen molar-refractivity contribution in [1.29, 1.82) is 0 Å². The lowest BCUT2D eigenvalue weighted by Crippen LogP contribution is -2.39. The molecule has 78 valence electrons. The van der Waals surface area contributed by atoms with Crippen molar-refractivity contribution in [2.45, 2.75) is 32.4 Å². The molecule has 0 radical (unpaired) electrons. The van der Waals surface area contributed by atoms with Crippen molar-refractivity contribution in [2.24, 2.45) is 11.7 Å². The van der Waals surface area contributed by atoms with Crippen LogP contribution in [0.5, 0.6) is 0 Å². The fraction of sp³-hybridized carbons (Fsp3) is 0.500. The van der Waals surface area contributed by atoms with E-state index in [0.717, 1.165) is 6.42 Å². The van der Waals surface area contributed by atoms with E-state index in [1.807, 2.05) is 44.2 Å². The number of nitrogens with two attached hydrogens (primary N) is 1. The molecule has 0 saturated carbocycles. The Morgan fingerprint density at radius 1 is 1.21 bits per heavy atom. The molecule has 3 N–H and O–H groups in total. The molecule has 1 aromatic carbocycles. The van der Waals surface area contributed by atoms with Gasteiger partial charge in [0.1, 0.15) is 0 Å². The molecule has 1 rings (SSSR count). The second-order valence-electron chi connectivity index (χ2n) is 4.09. The molecule has 0 bridgehead atoms. The minimum Gasteiger partial charge on any atom is -0.391 e. The van der Waals surface area contributed by atoms with Gasteiger partial charge in [-0.2, -0.15) is 0 Å². The number of aliphatic hydroxyl groups is 1. The highest BCUT2D eigenvalue weighted by atomic mass is 16.3. The normalized spacial score (nSPS) is 15.5. The highest BCUT2D eigenvalue weighted by molar-refractivity contribution is 5.16. The Labute approximate surface area is 85.8 Å². The Balaban J connectivity index is 2.53. The minimum absolute atomic E-state index is 0.169. The van der Waals surface area contributed by atoms with Crippen LogP contribution < -0.4 is 5.73 Å². The fourth-order valence-electron chi connectivity index (χ4n) is 1.50. The summed E-state index contributed by atoms with van der Waals surface area (Å²) in [4.78, 5) is 0. The van der Waals surface area contributed by atoms with Gasteiger partial charge in [0.05, 0.1) is 6.10 Å². The van der Waals surface area contributed by atoms with Gasteiger partial charge in [-0.05, 0) is 17.9 Å². The Bertz CT molecular complexity index is 258. The predicted octanol–water partition coefficient (Wildman–Crippen LogP) is 1.57. The molecule has 0 unspecified atom stereocenters. The van der Waals surface area contributed by atoms with Gasteiger partial charge in [-0.15, -0.1) is 0 Å². The van der Waals surface area contributed by atoms with Crippen molar-refractivity contribution >= 4 is 0 Å². The molecule has 0 aliphatic rings. The SMILES string of the molecule is CC(C)[C@@H](O)[C@@H](N)Cc1ccccc1. The molecule has 0 saturated heterocycles. The van der Waals surface area contributed by atoms with Crippen molar-refractivity contribution in [3.63, 3.8) is 0 Å². The Morgan fingerprint density at radius 2 is 1.79 bits per heavy atom. The van der Waals surface area contributed by atoms with E-state index < -0.39 is 6.10 Å². The maximum absolute atomic E-state index is 9.73. The first-order valence-corrected chi connectivity index (χ1v) is 5.09. The van der Waals surface area contributed by atoms with E-state index in [4.69, 9.17) is 5.73 Å². The van der Waals surface area contributed by atoms with Gasteiger partial charge in [0.2, 0.25) is 0 Å². The molecule has 0 amide bonds. The lowest BCUT2D eigenvalue weighted by atomic mass is 9.95. The van der Waals surface area contributed by atoms with Crippen molar-refractivity contribution in [3.8, 4) is 0 Å². The van der Waals surface area contributed by atoms with Gasteiger partial charge in [0.15, 0.2) is 0 Å². The number of benzene rings is 1. The summed E-state index contributed by atoms with van der Waals surface area (Å²) >= 11 is 0. The summed E-state index contributed by atoms with van der Waals surface area (Å²) in [7, 11) is 0. The molecule has 0 heterocycles. The summed E-state index contributed by atoms with van der Waals surface area (Å²) in [6.07, 6.45) is 0.315. The zero-order valence-electron chi connectivity index (χ0n) is 8.85. The van der Waals surface area contributed by atoms with Crippen LogP contribution in [0, 0.1) is 5.92 Å². The Kier molecular flexibility index (Phi) is 4.11. The summed E-state index contributed by atoms with van der Waals surface area (Å²) < 4.78 is 0. The number of hydrogen-bond acceptors (Lipinski definition) is 2. The van der Waals surface area contributed by atoms with Gasteiger partial charge >= 0.3 is 0 Å². The van der Waals surface area contributed by atoms with E-state index >= 15 is 0 Å². The Hall–Kier alpha value is -0.860. The molecule has 0 aliphatic carbocycles. The summed E-state index contributed by atoms with van der Waals surface area (Å²) in [5.41, 5.74) is 7.08. The van der Waals surface area contributed by atoms with Crippen LogP contribution in [0.4, 0.5) is 0 Å². The predicted molar refractivity (Wildman–Crippen MR) is 59.0 cm³/mol. The van der Waals surface area contributed by atoms with Crippen LogP contribution in [0.1, 0.15) is 19.4 Å². The average Bonchev–Trinajstić information content (AvgIpc) is 2.18. The third-order valence-corrected chi connectivity index (χ3v) is 2.44. The summed E-state index contributed by atoms with van der Waals surface area (Å²) in [6.45, 7) is 3.96. The molecule has 0 aromatic heterocycles. The van der Waals surface area contributed by atoms with Crippen LogP contribution in [0.25, 0.3) is 0 Å². The third-order valence-electron chi connectivity index (χ3n) is 2.44. The Morgan fingerprint density at radius 3 is 2.29 bits per heavy atom. The molecule has 2 nitrogen and oxygen atoms in total. The van der Waals surface area contributed by atoms with E-state index in [1.54, 1.807) is 0 Å². The summed E-state index contributed by atoms with van der Waals surface area (Å²) in [5.74, 6) is 0.216. The van der Waals surface area contributed by atoms with Gasteiger partial charge in [-0.25, -0.2) is 0 Å². The van der Waals surface area contributed by atoms with Crippen LogP contribution in [0.3, 0.4) is 0 Å². The third kappa shape index (κ3) is 3.13. The van der Waals surface area contributed by atoms with Gasteiger partial charge in [0.25, 0.3) is 0 Å². The van der Waals surface area contributed by atoms with E-state index in [2.05, 4.69) is 0 Å². The second-order valence-corrected chi connectivity index (χ2v) is 4.09. The molecule has 0 spiro atoms. The minimum atomic E-state index is -0.421. The monoisotopic (exact) mass is 193 g/mol. The maximum Gasteiger partial charge on any atom is 0.0717 e. The highest BCUT2D eigenvalue weighted by Crippen LogP contribution is 2.09. The number of rotatable bonds is 4. The first kappa shape index (κ1) is 11.2. The van der Waals surface area contributed by atoms with E-state index in [-0.39, 0.29) is 12.0 Å². The first-order chi connectivity index (χ1) is 6.61. The average molecular weight is 193 g/mol. The largest absolute Gasteiger partial charge is 0.391 e. The molecular weight excluding hydrogens is 174 g/mol.